The summed E-state index contributed by atoms with van der Waals surface area (Å²) < 4.78 is 12.1. The van der Waals surface area contributed by atoms with Crippen LogP contribution in [-0.2, 0) is 0 Å². The highest BCUT2D eigenvalue weighted by Gasteiger charge is 2.35. The number of hydrogen-bond donors (Lipinski definition) is 0. The Morgan fingerprint density at radius 2 is 1.00 bits per heavy atom. The van der Waals surface area contributed by atoms with E-state index in [-0.39, 0.29) is 22.7 Å². The minimum Gasteiger partial charge on any atom is -0.457 e. The molecule has 4 nitrogen and oxygen atoms in total. The molecule has 0 aliphatic heterocycles. The molecular weight excluding hydrogens is 424 g/mol. The van der Waals surface area contributed by atoms with Crippen molar-refractivity contribution >= 4 is 22.3 Å². The molecular formula is C30H18O4. The average Bonchev–Trinajstić information content (AvgIpc) is 2.88. The molecule has 1 aliphatic rings. The average molecular weight is 442 g/mol. The van der Waals surface area contributed by atoms with Crippen molar-refractivity contribution in [1.82, 2.24) is 0 Å². The molecule has 4 heteroatoms. The Morgan fingerprint density at radius 3 is 1.65 bits per heavy atom. The number of ketones is 2. The predicted molar refractivity (Wildman–Crippen MR) is 130 cm³/mol. The van der Waals surface area contributed by atoms with E-state index in [1.54, 1.807) is 48.5 Å². The Hall–Kier alpha value is -4.70. The smallest absolute Gasteiger partial charge is 0.198 e. The van der Waals surface area contributed by atoms with Crippen LogP contribution in [0.25, 0.3) is 10.8 Å². The van der Waals surface area contributed by atoms with Gasteiger partial charge in [0.05, 0.1) is 11.1 Å². The summed E-state index contributed by atoms with van der Waals surface area (Å²) in [6.07, 6.45) is 0. The van der Waals surface area contributed by atoms with Gasteiger partial charge in [0.25, 0.3) is 0 Å². The van der Waals surface area contributed by atoms with Gasteiger partial charge in [-0.2, -0.15) is 0 Å². The molecule has 0 bridgehead atoms. The Labute approximate surface area is 196 Å². The molecule has 0 unspecified atom stereocenters. The number of rotatable bonds is 4. The molecule has 0 atom stereocenters. The molecule has 0 fully saturated rings. The van der Waals surface area contributed by atoms with E-state index < -0.39 is 0 Å². The van der Waals surface area contributed by atoms with Gasteiger partial charge in [0.1, 0.15) is 23.0 Å². The van der Waals surface area contributed by atoms with E-state index in [0.717, 1.165) is 10.8 Å². The maximum absolute atomic E-state index is 13.6. The molecule has 162 valence electrons. The second kappa shape index (κ2) is 8.01. The molecule has 0 amide bonds. The van der Waals surface area contributed by atoms with E-state index in [9.17, 15) is 9.59 Å². The lowest BCUT2D eigenvalue weighted by molar-refractivity contribution is 0.0975. The number of carbonyl (C=O) groups excluding carboxylic acids is 2. The molecule has 0 radical (unpaired) electrons. The van der Waals surface area contributed by atoms with Crippen molar-refractivity contribution in [3.05, 3.63) is 131 Å². The Morgan fingerprint density at radius 1 is 0.441 bits per heavy atom. The van der Waals surface area contributed by atoms with Crippen LogP contribution < -0.4 is 9.47 Å². The van der Waals surface area contributed by atoms with Gasteiger partial charge in [-0.3, -0.25) is 9.59 Å². The quantitative estimate of drug-likeness (QED) is 0.290. The first-order valence-electron chi connectivity index (χ1n) is 10.9. The molecule has 0 saturated carbocycles. The maximum Gasteiger partial charge on any atom is 0.198 e. The summed E-state index contributed by atoms with van der Waals surface area (Å²) in [6, 6.07) is 33.1. The Bertz CT molecular complexity index is 1580. The van der Waals surface area contributed by atoms with E-state index in [1.807, 2.05) is 60.7 Å². The topological polar surface area (TPSA) is 52.6 Å². The highest BCUT2D eigenvalue weighted by Crippen LogP contribution is 2.39. The SMILES string of the molecule is O=C1c2cccc(Oc3ccc4ccccc4c3)c2C(=O)c2cccc(Oc3ccccc3)c21. The van der Waals surface area contributed by atoms with Crippen molar-refractivity contribution in [1.29, 1.82) is 0 Å². The van der Waals surface area contributed by atoms with Gasteiger partial charge in [-0.25, -0.2) is 0 Å². The number of carbonyl (C=O) groups is 2. The number of hydrogen-bond acceptors (Lipinski definition) is 4. The second-order valence-corrected chi connectivity index (χ2v) is 8.04. The zero-order chi connectivity index (χ0) is 23.1. The summed E-state index contributed by atoms with van der Waals surface area (Å²) in [5.74, 6) is 1.37. The first-order chi connectivity index (χ1) is 16.7. The molecule has 34 heavy (non-hydrogen) atoms. The zero-order valence-electron chi connectivity index (χ0n) is 18.0. The molecule has 5 aromatic rings. The predicted octanol–water partition coefficient (Wildman–Crippen LogP) is 7.20. The van der Waals surface area contributed by atoms with Gasteiger partial charge in [-0.05, 0) is 47.2 Å². The van der Waals surface area contributed by atoms with Crippen LogP contribution in [0.15, 0.2) is 109 Å². The number of para-hydroxylation sites is 1. The summed E-state index contributed by atoms with van der Waals surface area (Å²) in [6.45, 7) is 0. The maximum atomic E-state index is 13.6. The summed E-state index contributed by atoms with van der Waals surface area (Å²) in [5.41, 5.74) is 1.15. The first-order valence-corrected chi connectivity index (χ1v) is 10.9. The van der Waals surface area contributed by atoms with Crippen LogP contribution in [0.2, 0.25) is 0 Å². The highest BCUT2D eigenvalue weighted by atomic mass is 16.5. The summed E-state index contributed by atoms with van der Waals surface area (Å²) >= 11 is 0. The second-order valence-electron chi connectivity index (χ2n) is 8.04. The first kappa shape index (κ1) is 19.9. The third-order valence-corrected chi connectivity index (χ3v) is 5.92. The van der Waals surface area contributed by atoms with Gasteiger partial charge >= 0.3 is 0 Å². The van der Waals surface area contributed by atoms with Gasteiger partial charge in [-0.15, -0.1) is 0 Å². The standard InChI is InChI=1S/C30H18O4/c31-29-24-13-7-15-26(34-22-17-16-19-8-4-5-9-20(19)18-22)28(24)30(32)23-12-6-14-25(27(23)29)33-21-10-2-1-3-11-21/h1-18H. The fourth-order valence-corrected chi connectivity index (χ4v) is 4.32. The summed E-state index contributed by atoms with van der Waals surface area (Å²) in [5, 5.41) is 2.12. The molecule has 1 aliphatic carbocycles. The minimum absolute atomic E-state index is 0.264. The highest BCUT2D eigenvalue weighted by molar-refractivity contribution is 6.30. The Kier molecular flexibility index (Phi) is 4.70. The van der Waals surface area contributed by atoms with E-state index in [1.165, 1.54) is 0 Å². The van der Waals surface area contributed by atoms with Gasteiger partial charge in [-0.1, -0.05) is 72.8 Å². The van der Waals surface area contributed by atoms with Gasteiger partial charge < -0.3 is 9.47 Å². The van der Waals surface area contributed by atoms with E-state index in [2.05, 4.69) is 0 Å². The third-order valence-electron chi connectivity index (χ3n) is 5.92. The van der Waals surface area contributed by atoms with Crippen molar-refractivity contribution in [3.63, 3.8) is 0 Å². The fraction of sp³-hybridized carbons (Fsp3) is 0. The van der Waals surface area contributed by atoms with Crippen LogP contribution in [-0.4, -0.2) is 11.6 Å². The normalized spacial score (nSPS) is 12.2. The molecule has 0 aromatic heterocycles. The number of ether oxygens (including phenoxy) is 2. The van der Waals surface area contributed by atoms with Crippen molar-refractivity contribution in [2.45, 2.75) is 0 Å². The monoisotopic (exact) mass is 442 g/mol. The molecule has 0 N–H and O–H groups in total. The lowest BCUT2D eigenvalue weighted by Crippen LogP contribution is -2.22. The molecule has 5 aromatic carbocycles. The van der Waals surface area contributed by atoms with Crippen LogP contribution in [0.5, 0.6) is 23.0 Å². The van der Waals surface area contributed by atoms with Crippen LogP contribution in [0.1, 0.15) is 31.8 Å². The number of benzene rings is 5. The largest absolute Gasteiger partial charge is 0.457 e. The zero-order valence-corrected chi connectivity index (χ0v) is 18.0. The van der Waals surface area contributed by atoms with Crippen molar-refractivity contribution in [2.75, 3.05) is 0 Å². The van der Waals surface area contributed by atoms with Crippen LogP contribution in [0.3, 0.4) is 0 Å². The van der Waals surface area contributed by atoms with Crippen molar-refractivity contribution in [3.8, 4) is 23.0 Å². The van der Waals surface area contributed by atoms with Crippen molar-refractivity contribution < 1.29 is 19.1 Å². The molecule has 0 saturated heterocycles. The van der Waals surface area contributed by atoms with Crippen molar-refractivity contribution in [2.24, 2.45) is 0 Å². The lowest BCUT2D eigenvalue weighted by Gasteiger charge is -2.22. The van der Waals surface area contributed by atoms with E-state index in [0.29, 0.717) is 34.1 Å². The molecule has 6 rings (SSSR count). The van der Waals surface area contributed by atoms with Gasteiger partial charge in [0, 0.05) is 11.1 Å². The summed E-state index contributed by atoms with van der Waals surface area (Å²) in [4.78, 5) is 27.2. The van der Waals surface area contributed by atoms with Gasteiger partial charge in [0.2, 0.25) is 0 Å². The minimum atomic E-state index is -0.264. The Balaban J connectivity index is 1.41. The summed E-state index contributed by atoms with van der Waals surface area (Å²) in [7, 11) is 0. The van der Waals surface area contributed by atoms with Crippen LogP contribution >= 0.6 is 0 Å². The lowest BCUT2D eigenvalue weighted by atomic mass is 9.83. The molecule has 0 spiro atoms. The fourth-order valence-electron chi connectivity index (χ4n) is 4.32. The van der Waals surface area contributed by atoms with Crippen LogP contribution in [0.4, 0.5) is 0 Å². The molecule has 0 heterocycles. The van der Waals surface area contributed by atoms with Gasteiger partial charge in [0.15, 0.2) is 11.6 Å². The number of fused-ring (bicyclic) bond motifs is 3. The van der Waals surface area contributed by atoms with E-state index >= 15 is 0 Å². The van der Waals surface area contributed by atoms with E-state index in [4.69, 9.17) is 9.47 Å². The third kappa shape index (κ3) is 3.33. The van der Waals surface area contributed by atoms with Crippen LogP contribution in [0, 0.1) is 0 Å².